The zero-order chi connectivity index (χ0) is 23.4. The molecule has 9 aromatic rings. The van der Waals surface area contributed by atoms with Crippen LogP contribution in [-0.2, 0) is 0 Å². The minimum Gasteiger partial charge on any atom is -0.309 e. The van der Waals surface area contributed by atoms with Gasteiger partial charge in [0.05, 0.1) is 27.6 Å². The molecule has 36 heavy (non-hydrogen) atoms. The van der Waals surface area contributed by atoms with Crippen LogP contribution in [0, 0.1) is 0 Å². The number of para-hydroxylation sites is 2. The zero-order valence-corrected chi connectivity index (χ0v) is 19.4. The average molecular weight is 457 g/mol. The van der Waals surface area contributed by atoms with E-state index < -0.39 is 0 Å². The van der Waals surface area contributed by atoms with Gasteiger partial charge >= 0.3 is 0 Å². The van der Waals surface area contributed by atoms with Crippen molar-refractivity contribution in [2.24, 2.45) is 0 Å². The van der Waals surface area contributed by atoms with Crippen LogP contribution >= 0.6 is 0 Å². The lowest BCUT2D eigenvalue weighted by atomic mass is 10.0. The predicted molar refractivity (Wildman–Crippen MR) is 153 cm³/mol. The molecule has 0 fully saturated rings. The first kappa shape index (κ1) is 18.5. The standard InChI is InChI=1S/C34H20N2/c1-2-9-22-20-23(19-18-21(22)8-1)35-29-15-6-11-25-27-13-5-12-26-24-10-3-4-14-28(24)36(34(26)27)31-17-7-16-30(35)33(31)32(25)29/h1-20H. The maximum atomic E-state index is 2.49. The van der Waals surface area contributed by atoms with E-state index in [2.05, 4.69) is 130 Å². The van der Waals surface area contributed by atoms with Crippen molar-refractivity contribution in [1.82, 2.24) is 8.97 Å². The van der Waals surface area contributed by atoms with E-state index >= 15 is 0 Å². The summed E-state index contributed by atoms with van der Waals surface area (Å²) >= 11 is 0. The van der Waals surface area contributed by atoms with Gasteiger partial charge in [0.15, 0.2) is 0 Å². The van der Waals surface area contributed by atoms with E-state index in [9.17, 15) is 0 Å². The van der Waals surface area contributed by atoms with Crippen LogP contribution in [-0.4, -0.2) is 8.97 Å². The number of aromatic nitrogens is 2. The van der Waals surface area contributed by atoms with Crippen LogP contribution in [0.5, 0.6) is 0 Å². The fourth-order valence-electron chi connectivity index (χ4n) is 6.58. The van der Waals surface area contributed by atoms with Crippen molar-refractivity contribution in [3.8, 4) is 5.69 Å². The third kappa shape index (κ3) is 2.14. The van der Waals surface area contributed by atoms with Gasteiger partial charge in [-0.2, -0.15) is 0 Å². The van der Waals surface area contributed by atoms with Gasteiger partial charge in [-0.05, 0) is 52.6 Å². The normalized spacial score (nSPS) is 12.4. The molecule has 0 bridgehead atoms. The van der Waals surface area contributed by atoms with Crippen molar-refractivity contribution < 1.29 is 0 Å². The van der Waals surface area contributed by atoms with E-state index in [4.69, 9.17) is 0 Å². The lowest BCUT2D eigenvalue weighted by Crippen LogP contribution is -1.94. The molecule has 0 aliphatic carbocycles. The second kappa shape index (κ2) is 6.44. The molecular weight excluding hydrogens is 436 g/mol. The first-order chi connectivity index (χ1) is 17.9. The van der Waals surface area contributed by atoms with Crippen molar-refractivity contribution in [2.75, 3.05) is 0 Å². The molecular formula is C34H20N2. The van der Waals surface area contributed by atoms with Gasteiger partial charge in [-0.3, -0.25) is 0 Å². The Morgan fingerprint density at radius 2 is 1.00 bits per heavy atom. The van der Waals surface area contributed by atoms with Gasteiger partial charge in [0.1, 0.15) is 0 Å². The smallest absolute Gasteiger partial charge is 0.0619 e. The molecule has 0 spiro atoms. The second-order valence-corrected chi connectivity index (χ2v) is 9.79. The number of nitrogens with zero attached hydrogens (tertiary/aromatic N) is 2. The largest absolute Gasteiger partial charge is 0.309 e. The number of benzene rings is 6. The van der Waals surface area contributed by atoms with Crippen molar-refractivity contribution in [1.29, 1.82) is 0 Å². The highest BCUT2D eigenvalue weighted by Crippen LogP contribution is 2.43. The number of fused-ring (bicyclic) bond motifs is 6. The Hall–Kier alpha value is -4.82. The highest BCUT2D eigenvalue weighted by Gasteiger charge is 2.21. The summed E-state index contributed by atoms with van der Waals surface area (Å²) in [6.07, 6.45) is 0. The SMILES string of the molecule is c1ccc2cc(-n3c4cccc5c6cccc7c8ccccc8n(c8cccc3c8c54)c67)ccc2c1. The summed E-state index contributed by atoms with van der Waals surface area (Å²) in [6.45, 7) is 0. The van der Waals surface area contributed by atoms with Crippen molar-refractivity contribution in [2.45, 2.75) is 0 Å². The van der Waals surface area contributed by atoms with Crippen molar-refractivity contribution >= 4 is 70.7 Å². The van der Waals surface area contributed by atoms with Crippen LogP contribution in [0.3, 0.4) is 0 Å². The van der Waals surface area contributed by atoms with Crippen molar-refractivity contribution in [3.63, 3.8) is 0 Å². The van der Waals surface area contributed by atoms with Gasteiger partial charge in [-0.15, -0.1) is 0 Å². The number of rotatable bonds is 1. The van der Waals surface area contributed by atoms with Gasteiger partial charge in [-0.1, -0.05) is 84.9 Å². The predicted octanol–water partition coefficient (Wildman–Crippen LogP) is 9.09. The van der Waals surface area contributed by atoms with Crippen LogP contribution in [0.15, 0.2) is 121 Å². The fraction of sp³-hybridized carbons (Fsp3) is 0. The maximum Gasteiger partial charge on any atom is 0.0619 e. The molecule has 0 saturated carbocycles. The molecule has 0 radical (unpaired) electrons. The minimum atomic E-state index is 1.19. The molecule has 0 saturated heterocycles. The monoisotopic (exact) mass is 456 g/mol. The Bertz CT molecular complexity index is 2310. The summed E-state index contributed by atoms with van der Waals surface area (Å²) in [7, 11) is 0. The summed E-state index contributed by atoms with van der Waals surface area (Å²) < 4.78 is 4.94. The fourth-order valence-corrected chi connectivity index (χ4v) is 6.58. The summed E-state index contributed by atoms with van der Waals surface area (Å²) in [5.74, 6) is 0. The molecule has 0 aliphatic heterocycles. The molecule has 9 rings (SSSR count). The molecule has 2 heteroatoms. The molecule has 6 aromatic carbocycles. The third-order valence-electron chi connectivity index (χ3n) is 8.01. The van der Waals surface area contributed by atoms with Crippen LogP contribution in [0.25, 0.3) is 76.4 Å². The third-order valence-corrected chi connectivity index (χ3v) is 8.01. The highest BCUT2D eigenvalue weighted by molar-refractivity contribution is 6.31. The Labute approximate surface area is 206 Å². The van der Waals surface area contributed by atoms with Gasteiger partial charge < -0.3 is 8.97 Å². The van der Waals surface area contributed by atoms with Gasteiger partial charge in [0.25, 0.3) is 0 Å². The summed E-state index contributed by atoms with van der Waals surface area (Å²) in [5, 5.41) is 10.4. The Balaban J connectivity index is 1.60. The van der Waals surface area contributed by atoms with E-state index in [1.807, 2.05) is 0 Å². The first-order valence-corrected chi connectivity index (χ1v) is 12.5. The van der Waals surface area contributed by atoms with Gasteiger partial charge in [-0.25, -0.2) is 0 Å². The maximum absolute atomic E-state index is 2.49. The molecule has 3 heterocycles. The Morgan fingerprint density at radius 3 is 1.92 bits per heavy atom. The average Bonchev–Trinajstić information content (AvgIpc) is 3.41. The highest BCUT2D eigenvalue weighted by atomic mass is 15.0. The van der Waals surface area contributed by atoms with Gasteiger partial charge in [0, 0.05) is 32.6 Å². The topological polar surface area (TPSA) is 9.34 Å². The van der Waals surface area contributed by atoms with E-state index in [-0.39, 0.29) is 0 Å². The summed E-state index contributed by atoms with van der Waals surface area (Å²) in [6, 6.07) is 44.5. The van der Waals surface area contributed by atoms with Gasteiger partial charge in [0.2, 0.25) is 0 Å². The van der Waals surface area contributed by atoms with Crippen LogP contribution in [0.4, 0.5) is 0 Å². The van der Waals surface area contributed by atoms with E-state index in [0.29, 0.717) is 0 Å². The Morgan fingerprint density at radius 1 is 0.389 bits per heavy atom. The van der Waals surface area contributed by atoms with Crippen LogP contribution < -0.4 is 0 Å². The summed E-state index contributed by atoms with van der Waals surface area (Å²) in [5.41, 5.74) is 7.49. The summed E-state index contributed by atoms with van der Waals surface area (Å²) in [4.78, 5) is 0. The quantitative estimate of drug-likeness (QED) is 0.233. The zero-order valence-electron chi connectivity index (χ0n) is 19.4. The lowest BCUT2D eigenvalue weighted by molar-refractivity contribution is 1.19. The molecule has 0 amide bonds. The molecule has 2 nitrogen and oxygen atoms in total. The molecule has 166 valence electrons. The molecule has 0 atom stereocenters. The molecule has 0 unspecified atom stereocenters. The van der Waals surface area contributed by atoms with Crippen LogP contribution in [0.2, 0.25) is 0 Å². The minimum absolute atomic E-state index is 1.19. The van der Waals surface area contributed by atoms with E-state index in [1.54, 1.807) is 0 Å². The molecule has 0 aliphatic rings. The number of hydrogen-bond acceptors (Lipinski definition) is 0. The van der Waals surface area contributed by atoms with Crippen LogP contribution in [0.1, 0.15) is 0 Å². The lowest BCUT2D eigenvalue weighted by Gasteiger charge is -2.10. The molecule has 3 aromatic heterocycles. The van der Waals surface area contributed by atoms with E-state index in [1.165, 1.54) is 76.4 Å². The second-order valence-electron chi connectivity index (χ2n) is 9.79. The number of hydrogen-bond donors (Lipinski definition) is 0. The Kier molecular flexibility index (Phi) is 3.31. The molecule has 0 N–H and O–H groups in total. The van der Waals surface area contributed by atoms with Crippen molar-refractivity contribution in [3.05, 3.63) is 121 Å². The van der Waals surface area contributed by atoms with E-state index in [0.717, 1.165) is 0 Å². The first-order valence-electron chi connectivity index (χ1n) is 12.5.